The van der Waals surface area contributed by atoms with Crippen LogP contribution in [0.1, 0.15) is 19.8 Å². The number of nitrogens with zero attached hydrogens (tertiary/aromatic N) is 1. The molecule has 0 bridgehead atoms. The number of nitrogens with one attached hydrogen (secondary N) is 1. The topological polar surface area (TPSA) is 15.3 Å². The van der Waals surface area contributed by atoms with Gasteiger partial charge in [0.25, 0.3) is 0 Å². The van der Waals surface area contributed by atoms with Crippen LogP contribution in [0.4, 0.5) is 18.9 Å². The number of hydrogen-bond acceptors (Lipinski definition) is 2. The predicted molar refractivity (Wildman–Crippen MR) is 65.2 cm³/mol. The first-order valence-electron chi connectivity index (χ1n) is 6.24. The van der Waals surface area contributed by atoms with Crippen molar-refractivity contribution in [3.8, 4) is 0 Å². The quantitative estimate of drug-likeness (QED) is 0.820. The largest absolute Gasteiger partial charge is 0.368 e. The average Bonchev–Trinajstić information content (AvgIpc) is 2.59. The summed E-state index contributed by atoms with van der Waals surface area (Å²) in [5.74, 6) is -2.85. The Kier molecular flexibility index (Phi) is 4.11. The van der Waals surface area contributed by atoms with E-state index < -0.39 is 17.5 Å². The highest BCUT2D eigenvalue weighted by atomic mass is 19.2. The Labute approximate surface area is 105 Å². The van der Waals surface area contributed by atoms with Gasteiger partial charge in [-0.1, -0.05) is 6.92 Å². The smallest absolute Gasteiger partial charge is 0.161 e. The predicted octanol–water partition coefficient (Wildman–Crippen LogP) is 2.68. The molecule has 1 unspecified atom stereocenters. The van der Waals surface area contributed by atoms with Gasteiger partial charge in [-0.05, 0) is 12.8 Å². The minimum absolute atomic E-state index is 0.146. The molecule has 1 N–H and O–H groups in total. The molecule has 100 valence electrons. The molecule has 5 heteroatoms. The fraction of sp³-hybridized carbons (Fsp3) is 0.538. The molecule has 18 heavy (non-hydrogen) atoms. The summed E-state index contributed by atoms with van der Waals surface area (Å²) in [5, 5.41) is 3.34. The standard InChI is InChI=1S/C13H17F3N2/c1-2-9-3-5-18(6-4-17-9)13-8-11(15)10(14)7-12(13)16/h7-9,17H,2-6H2,1H3. The van der Waals surface area contributed by atoms with Crippen molar-refractivity contribution in [2.75, 3.05) is 24.5 Å². The zero-order valence-corrected chi connectivity index (χ0v) is 10.3. The van der Waals surface area contributed by atoms with E-state index in [0.717, 1.165) is 25.5 Å². The van der Waals surface area contributed by atoms with Gasteiger partial charge < -0.3 is 10.2 Å². The summed E-state index contributed by atoms with van der Waals surface area (Å²) >= 11 is 0. The van der Waals surface area contributed by atoms with Crippen LogP contribution >= 0.6 is 0 Å². The lowest BCUT2D eigenvalue weighted by atomic mass is 10.1. The summed E-state index contributed by atoms with van der Waals surface area (Å²) in [6, 6.07) is 1.96. The molecule has 1 saturated heterocycles. The van der Waals surface area contributed by atoms with Crippen LogP contribution in [0.15, 0.2) is 12.1 Å². The van der Waals surface area contributed by atoms with Crippen molar-refractivity contribution in [1.82, 2.24) is 5.32 Å². The van der Waals surface area contributed by atoms with Crippen molar-refractivity contribution in [1.29, 1.82) is 0 Å². The van der Waals surface area contributed by atoms with Crippen molar-refractivity contribution in [3.63, 3.8) is 0 Å². The van der Waals surface area contributed by atoms with E-state index in [-0.39, 0.29) is 5.69 Å². The molecule has 1 aromatic rings. The van der Waals surface area contributed by atoms with Crippen LogP contribution in [-0.2, 0) is 0 Å². The van der Waals surface area contributed by atoms with Crippen LogP contribution in [0.3, 0.4) is 0 Å². The minimum atomic E-state index is -1.14. The van der Waals surface area contributed by atoms with Gasteiger partial charge in [0.15, 0.2) is 11.6 Å². The molecule has 0 aliphatic carbocycles. The zero-order valence-electron chi connectivity index (χ0n) is 10.3. The van der Waals surface area contributed by atoms with Gasteiger partial charge in [-0.15, -0.1) is 0 Å². The Morgan fingerprint density at radius 3 is 2.61 bits per heavy atom. The Bertz CT molecular complexity index is 423. The molecule has 0 aromatic heterocycles. The maximum absolute atomic E-state index is 13.7. The summed E-state index contributed by atoms with van der Waals surface area (Å²) in [6.07, 6.45) is 1.88. The maximum atomic E-state index is 13.7. The molecule has 0 spiro atoms. The lowest BCUT2D eigenvalue weighted by Gasteiger charge is -2.23. The normalized spacial score (nSPS) is 20.9. The van der Waals surface area contributed by atoms with E-state index in [9.17, 15) is 13.2 Å². The maximum Gasteiger partial charge on any atom is 0.161 e. The van der Waals surface area contributed by atoms with Crippen LogP contribution in [0, 0.1) is 17.5 Å². The Morgan fingerprint density at radius 1 is 1.17 bits per heavy atom. The third kappa shape index (κ3) is 2.77. The summed E-state index contributed by atoms with van der Waals surface area (Å²) in [7, 11) is 0. The molecule has 1 atom stereocenters. The summed E-state index contributed by atoms with van der Waals surface area (Å²) in [5.41, 5.74) is 0.146. The van der Waals surface area contributed by atoms with Crippen LogP contribution in [0.5, 0.6) is 0 Å². The van der Waals surface area contributed by atoms with E-state index in [1.165, 1.54) is 0 Å². The SMILES string of the molecule is CCC1CCN(c2cc(F)c(F)cc2F)CCN1. The van der Waals surface area contributed by atoms with Gasteiger partial charge in [0.05, 0.1) is 5.69 Å². The highest BCUT2D eigenvalue weighted by Gasteiger charge is 2.19. The highest BCUT2D eigenvalue weighted by Crippen LogP contribution is 2.23. The van der Waals surface area contributed by atoms with Gasteiger partial charge in [-0.2, -0.15) is 0 Å². The zero-order chi connectivity index (χ0) is 13.1. The van der Waals surface area contributed by atoms with E-state index in [2.05, 4.69) is 12.2 Å². The number of benzene rings is 1. The molecule has 1 aliphatic heterocycles. The fourth-order valence-corrected chi connectivity index (χ4v) is 2.27. The van der Waals surface area contributed by atoms with E-state index in [4.69, 9.17) is 0 Å². The van der Waals surface area contributed by atoms with Crippen LogP contribution < -0.4 is 10.2 Å². The number of rotatable bonds is 2. The number of halogens is 3. The lowest BCUT2D eigenvalue weighted by Crippen LogP contribution is -2.30. The molecule has 2 rings (SSSR count). The van der Waals surface area contributed by atoms with Crippen molar-refractivity contribution in [2.45, 2.75) is 25.8 Å². The van der Waals surface area contributed by atoms with Gasteiger partial charge in [0, 0.05) is 37.8 Å². The van der Waals surface area contributed by atoms with Gasteiger partial charge in [0.1, 0.15) is 5.82 Å². The molecule has 1 heterocycles. The highest BCUT2D eigenvalue weighted by molar-refractivity contribution is 5.48. The molecule has 0 amide bonds. The first-order valence-corrected chi connectivity index (χ1v) is 6.24. The second kappa shape index (κ2) is 5.61. The number of anilines is 1. The van der Waals surface area contributed by atoms with Gasteiger partial charge in [-0.25, -0.2) is 13.2 Å². The molecule has 1 fully saturated rings. The lowest BCUT2D eigenvalue weighted by molar-refractivity contribution is 0.493. The number of hydrogen-bond donors (Lipinski definition) is 1. The minimum Gasteiger partial charge on any atom is -0.368 e. The van der Waals surface area contributed by atoms with Crippen molar-refractivity contribution in [3.05, 3.63) is 29.6 Å². The second-order valence-electron chi connectivity index (χ2n) is 4.55. The molecule has 0 saturated carbocycles. The molecule has 1 aromatic carbocycles. The summed E-state index contributed by atoms with van der Waals surface area (Å²) in [6.45, 7) is 4.05. The monoisotopic (exact) mass is 258 g/mol. The first-order chi connectivity index (χ1) is 8.61. The molecular weight excluding hydrogens is 241 g/mol. The van der Waals surface area contributed by atoms with Gasteiger partial charge in [-0.3, -0.25) is 0 Å². The molecular formula is C13H17F3N2. The fourth-order valence-electron chi connectivity index (χ4n) is 2.27. The summed E-state index contributed by atoms with van der Waals surface area (Å²) in [4.78, 5) is 1.76. The third-order valence-corrected chi connectivity index (χ3v) is 3.39. The van der Waals surface area contributed by atoms with Crippen LogP contribution in [-0.4, -0.2) is 25.7 Å². The van der Waals surface area contributed by atoms with E-state index >= 15 is 0 Å². The van der Waals surface area contributed by atoms with Gasteiger partial charge >= 0.3 is 0 Å². The first kappa shape index (κ1) is 13.2. The van der Waals surface area contributed by atoms with E-state index in [1.807, 2.05) is 0 Å². The average molecular weight is 258 g/mol. The summed E-state index contributed by atoms with van der Waals surface area (Å²) < 4.78 is 39.7. The molecule has 2 nitrogen and oxygen atoms in total. The molecule has 0 radical (unpaired) electrons. The van der Waals surface area contributed by atoms with Gasteiger partial charge in [0.2, 0.25) is 0 Å². The van der Waals surface area contributed by atoms with Crippen molar-refractivity contribution < 1.29 is 13.2 Å². The van der Waals surface area contributed by atoms with Crippen LogP contribution in [0.25, 0.3) is 0 Å². The second-order valence-corrected chi connectivity index (χ2v) is 4.55. The van der Waals surface area contributed by atoms with E-state index in [1.54, 1.807) is 4.90 Å². The Morgan fingerprint density at radius 2 is 1.89 bits per heavy atom. The van der Waals surface area contributed by atoms with Crippen molar-refractivity contribution >= 4 is 5.69 Å². The Balaban J connectivity index is 2.18. The third-order valence-electron chi connectivity index (χ3n) is 3.39. The van der Waals surface area contributed by atoms with Crippen molar-refractivity contribution in [2.24, 2.45) is 0 Å². The molecule has 1 aliphatic rings. The van der Waals surface area contributed by atoms with E-state index in [0.29, 0.717) is 25.2 Å². The Hall–Kier alpha value is -1.23. The van der Waals surface area contributed by atoms with Crippen LogP contribution in [0.2, 0.25) is 0 Å².